The fraction of sp³-hybridized carbons (Fsp3) is 1.00. The van der Waals surface area contributed by atoms with Crippen molar-refractivity contribution in [3.8, 4) is 0 Å². The number of aliphatic hydroxyl groups excluding tert-OH is 1. The molecule has 1 saturated heterocycles. The summed E-state index contributed by atoms with van der Waals surface area (Å²) in [6.45, 7) is 4.45. The van der Waals surface area contributed by atoms with Gasteiger partial charge in [-0.15, -0.1) is 0 Å². The molecule has 0 amide bonds. The Labute approximate surface area is 107 Å². The summed E-state index contributed by atoms with van der Waals surface area (Å²) in [5.74, 6) is 0. The molecule has 3 atom stereocenters. The van der Waals surface area contributed by atoms with Crippen molar-refractivity contribution in [3.05, 3.63) is 0 Å². The van der Waals surface area contributed by atoms with Crippen LogP contribution in [0, 0.1) is 0 Å². The van der Waals surface area contributed by atoms with Crippen LogP contribution in [0.5, 0.6) is 0 Å². The largest absolute Gasteiger partial charge is 0.393 e. The molecule has 1 heterocycles. The first kappa shape index (κ1) is 15.0. The SMILES string of the molecule is CCCCCCCCC[C@@H]1C[C@@H](O)C[C@H](C)N1. The molecule has 0 radical (unpaired) electrons. The van der Waals surface area contributed by atoms with E-state index < -0.39 is 0 Å². The molecule has 17 heavy (non-hydrogen) atoms. The van der Waals surface area contributed by atoms with Crippen molar-refractivity contribution in [2.75, 3.05) is 0 Å². The van der Waals surface area contributed by atoms with Crippen molar-refractivity contribution in [2.45, 2.75) is 96.2 Å². The zero-order chi connectivity index (χ0) is 12.5. The molecule has 0 aromatic carbocycles. The quantitative estimate of drug-likeness (QED) is 0.636. The summed E-state index contributed by atoms with van der Waals surface area (Å²) in [5.41, 5.74) is 0. The van der Waals surface area contributed by atoms with Crippen molar-refractivity contribution in [2.24, 2.45) is 0 Å². The van der Waals surface area contributed by atoms with Gasteiger partial charge in [-0.05, 0) is 26.2 Å². The normalized spacial score (nSPS) is 29.5. The lowest BCUT2D eigenvalue weighted by molar-refractivity contribution is 0.0946. The van der Waals surface area contributed by atoms with Gasteiger partial charge in [0.1, 0.15) is 0 Å². The standard InChI is InChI=1S/C15H31NO/c1-3-4-5-6-7-8-9-10-14-12-15(17)11-13(2)16-14/h13-17H,3-12H2,1-2H3/t13-,14+,15-/m0/s1. The molecule has 0 unspecified atom stereocenters. The van der Waals surface area contributed by atoms with Gasteiger partial charge in [0.15, 0.2) is 0 Å². The van der Waals surface area contributed by atoms with Crippen LogP contribution in [0.2, 0.25) is 0 Å². The Hall–Kier alpha value is -0.0800. The molecule has 2 heteroatoms. The monoisotopic (exact) mass is 241 g/mol. The summed E-state index contributed by atoms with van der Waals surface area (Å²) in [5, 5.41) is 13.3. The summed E-state index contributed by atoms with van der Waals surface area (Å²) >= 11 is 0. The molecule has 0 spiro atoms. The first-order chi connectivity index (χ1) is 8.22. The first-order valence-electron chi connectivity index (χ1n) is 7.66. The number of rotatable bonds is 8. The van der Waals surface area contributed by atoms with Crippen LogP contribution in [0.15, 0.2) is 0 Å². The molecule has 0 aromatic heterocycles. The third-order valence-electron chi connectivity index (χ3n) is 3.86. The van der Waals surface area contributed by atoms with Gasteiger partial charge in [0.05, 0.1) is 6.10 Å². The van der Waals surface area contributed by atoms with Crippen LogP contribution in [0.1, 0.15) is 78.1 Å². The van der Waals surface area contributed by atoms with Crippen LogP contribution in [-0.4, -0.2) is 23.3 Å². The Morgan fingerprint density at radius 2 is 1.65 bits per heavy atom. The third kappa shape index (κ3) is 7.05. The predicted molar refractivity (Wildman–Crippen MR) is 74.2 cm³/mol. The summed E-state index contributed by atoms with van der Waals surface area (Å²) in [4.78, 5) is 0. The maximum atomic E-state index is 9.71. The van der Waals surface area contributed by atoms with Gasteiger partial charge in [0.25, 0.3) is 0 Å². The van der Waals surface area contributed by atoms with Gasteiger partial charge in [0, 0.05) is 12.1 Å². The van der Waals surface area contributed by atoms with Gasteiger partial charge >= 0.3 is 0 Å². The van der Waals surface area contributed by atoms with E-state index in [1.165, 1.54) is 51.4 Å². The van der Waals surface area contributed by atoms with E-state index in [4.69, 9.17) is 0 Å². The Morgan fingerprint density at radius 1 is 1.00 bits per heavy atom. The average molecular weight is 241 g/mol. The Morgan fingerprint density at radius 3 is 2.29 bits per heavy atom. The van der Waals surface area contributed by atoms with Gasteiger partial charge < -0.3 is 10.4 Å². The molecular weight excluding hydrogens is 210 g/mol. The van der Waals surface area contributed by atoms with Crippen molar-refractivity contribution in [3.63, 3.8) is 0 Å². The Kier molecular flexibility index (Phi) is 7.87. The second-order valence-corrected chi connectivity index (χ2v) is 5.80. The predicted octanol–water partition coefficient (Wildman–Crippen LogP) is 3.63. The molecule has 1 fully saturated rings. The van der Waals surface area contributed by atoms with Gasteiger partial charge in [-0.25, -0.2) is 0 Å². The van der Waals surface area contributed by atoms with E-state index in [1.54, 1.807) is 0 Å². The van der Waals surface area contributed by atoms with Crippen LogP contribution in [0.3, 0.4) is 0 Å². The molecular formula is C15H31NO. The molecule has 2 nitrogen and oxygen atoms in total. The fourth-order valence-corrected chi connectivity index (χ4v) is 2.92. The van der Waals surface area contributed by atoms with Crippen LogP contribution >= 0.6 is 0 Å². The molecule has 0 bridgehead atoms. The maximum absolute atomic E-state index is 9.71. The zero-order valence-electron chi connectivity index (χ0n) is 11.8. The van der Waals surface area contributed by atoms with E-state index in [9.17, 15) is 5.11 Å². The van der Waals surface area contributed by atoms with E-state index in [0.29, 0.717) is 12.1 Å². The number of unbranched alkanes of at least 4 members (excludes halogenated alkanes) is 6. The van der Waals surface area contributed by atoms with E-state index in [1.807, 2.05) is 0 Å². The highest BCUT2D eigenvalue weighted by Crippen LogP contribution is 2.18. The molecule has 102 valence electrons. The highest BCUT2D eigenvalue weighted by Gasteiger charge is 2.23. The minimum absolute atomic E-state index is 0.0687. The van der Waals surface area contributed by atoms with Gasteiger partial charge in [-0.3, -0.25) is 0 Å². The first-order valence-corrected chi connectivity index (χ1v) is 7.66. The van der Waals surface area contributed by atoms with Crippen LogP contribution in [0.25, 0.3) is 0 Å². The lowest BCUT2D eigenvalue weighted by Gasteiger charge is -2.32. The van der Waals surface area contributed by atoms with E-state index in [2.05, 4.69) is 19.2 Å². The van der Waals surface area contributed by atoms with E-state index in [0.717, 1.165) is 12.8 Å². The lowest BCUT2D eigenvalue weighted by Crippen LogP contribution is -2.45. The summed E-state index contributed by atoms with van der Waals surface area (Å²) in [6, 6.07) is 1.05. The third-order valence-corrected chi connectivity index (χ3v) is 3.86. The van der Waals surface area contributed by atoms with Gasteiger partial charge in [0.2, 0.25) is 0 Å². The van der Waals surface area contributed by atoms with E-state index in [-0.39, 0.29) is 6.10 Å². The van der Waals surface area contributed by atoms with Crippen LogP contribution in [-0.2, 0) is 0 Å². The van der Waals surface area contributed by atoms with Crippen molar-refractivity contribution < 1.29 is 5.11 Å². The zero-order valence-corrected chi connectivity index (χ0v) is 11.8. The second kappa shape index (κ2) is 8.93. The van der Waals surface area contributed by atoms with Crippen molar-refractivity contribution in [1.82, 2.24) is 5.32 Å². The fourth-order valence-electron chi connectivity index (χ4n) is 2.92. The Bertz CT molecular complexity index is 174. The number of aliphatic hydroxyl groups is 1. The smallest absolute Gasteiger partial charge is 0.0569 e. The minimum atomic E-state index is -0.0687. The number of nitrogens with one attached hydrogen (secondary N) is 1. The van der Waals surface area contributed by atoms with Gasteiger partial charge in [-0.2, -0.15) is 0 Å². The van der Waals surface area contributed by atoms with Crippen LogP contribution < -0.4 is 5.32 Å². The molecule has 0 aliphatic carbocycles. The maximum Gasteiger partial charge on any atom is 0.0569 e. The van der Waals surface area contributed by atoms with Crippen molar-refractivity contribution >= 4 is 0 Å². The summed E-state index contributed by atoms with van der Waals surface area (Å²) < 4.78 is 0. The highest BCUT2D eigenvalue weighted by atomic mass is 16.3. The summed E-state index contributed by atoms with van der Waals surface area (Å²) in [7, 11) is 0. The van der Waals surface area contributed by atoms with Crippen molar-refractivity contribution in [1.29, 1.82) is 0 Å². The molecule has 1 aliphatic heterocycles. The molecule has 1 aliphatic rings. The average Bonchev–Trinajstić information content (AvgIpc) is 2.26. The number of piperidine rings is 1. The molecule has 2 N–H and O–H groups in total. The molecule has 1 rings (SSSR count). The van der Waals surface area contributed by atoms with Crippen LogP contribution in [0.4, 0.5) is 0 Å². The topological polar surface area (TPSA) is 32.3 Å². The highest BCUT2D eigenvalue weighted by molar-refractivity contribution is 4.82. The second-order valence-electron chi connectivity index (χ2n) is 5.80. The summed E-state index contributed by atoms with van der Waals surface area (Å²) in [6.07, 6.45) is 12.7. The number of hydrogen-bond donors (Lipinski definition) is 2. The lowest BCUT2D eigenvalue weighted by atomic mass is 9.93. The Balaban J connectivity index is 1.95. The number of hydrogen-bond acceptors (Lipinski definition) is 2. The van der Waals surface area contributed by atoms with E-state index >= 15 is 0 Å². The molecule has 0 saturated carbocycles. The molecule has 0 aromatic rings. The minimum Gasteiger partial charge on any atom is -0.393 e. The van der Waals surface area contributed by atoms with Gasteiger partial charge in [-0.1, -0.05) is 51.9 Å².